The highest BCUT2D eigenvalue weighted by Gasteiger charge is 2.35. The molecule has 144 valence electrons. The molecule has 1 aromatic carbocycles. The van der Waals surface area contributed by atoms with Crippen LogP contribution in [-0.2, 0) is 16.0 Å². The van der Waals surface area contributed by atoms with Crippen LogP contribution < -0.4 is 15.5 Å². The van der Waals surface area contributed by atoms with Gasteiger partial charge in [0.15, 0.2) is 0 Å². The molecule has 6 nitrogen and oxygen atoms in total. The third-order valence-electron chi connectivity index (χ3n) is 5.13. The zero-order valence-corrected chi connectivity index (χ0v) is 15.9. The lowest BCUT2D eigenvalue weighted by molar-refractivity contribution is -0.126. The topological polar surface area (TPSA) is 81.7 Å². The van der Waals surface area contributed by atoms with Gasteiger partial charge in [-0.15, -0.1) is 12.4 Å². The van der Waals surface area contributed by atoms with Gasteiger partial charge in [-0.05, 0) is 24.1 Å². The first-order valence-electron chi connectivity index (χ1n) is 9.14. The number of hydrogen-bond acceptors (Lipinski definition) is 4. The van der Waals surface area contributed by atoms with Crippen LogP contribution in [0.5, 0.6) is 0 Å². The molecule has 2 saturated heterocycles. The number of β-amino-alcohol motifs (C(OH)–C–C–N with tert-alkyl or cyclic N) is 1. The Kier molecular flexibility index (Phi) is 7.43. The molecule has 1 aromatic rings. The van der Waals surface area contributed by atoms with E-state index in [4.69, 9.17) is 0 Å². The largest absolute Gasteiger partial charge is 0.391 e. The van der Waals surface area contributed by atoms with E-state index in [1.165, 1.54) is 5.56 Å². The standard InChI is InChI=1S/C19H27N3O3.ClH/c1-2-3-13-4-6-16(7-5-13)22-12-14(8-18(22)24)19(25)21-10-15-9-20-11-17(15)23;/h4-7,14-15,17,20,23H,2-3,8-12H2,1H3,(H,21,25);1H. The summed E-state index contributed by atoms with van der Waals surface area (Å²) in [5.41, 5.74) is 2.12. The first kappa shape index (κ1) is 20.7. The average Bonchev–Trinajstić information content (AvgIpc) is 3.19. The van der Waals surface area contributed by atoms with Gasteiger partial charge in [0, 0.05) is 44.2 Å². The first-order valence-corrected chi connectivity index (χ1v) is 9.14. The number of aliphatic hydroxyl groups is 1. The fraction of sp³-hybridized carbons (Fsp3) is 0.579. The van der Waals surface area contributed by atoms with Crippen LogP contribution in [0.3, 0.4) is 0 Å². The Labute approximate surface area is 160 Å². The molecule has 0 aliphatic carbocycles. The van der Waals surface area contributed by atoms with Gasteiger partial charge in [0.05, 0.1) is 12.0 Å². The highest BCUT2D eigenvalue weighted by Crippen LogP contribution is 2.26. The second-order valence-electron chi connectivity index (χ2n) is 7.05. The summed E-state index contributed by atoms with van der Waals surface area (Å²) in [5.74, 6) is -0.388. The Morgan fingerprint density at radius 2 is 2.04 bits per heavy atom. The SMILES string of the molecule is CCCc1ccc(N2CC(C(=O)NCC3CNCC3O)CC2=O)cc1.Cl. The van der Waals surface area contributed by atoms with E-state index in [9.17, 15) is 14.7 Å². The molecule has 2 fully saturated rings. The number of hydrogen-bond donors (Lipinski definition) is 3. The molecule has 7 heteroatoms. The van der Waals surface area contributed by atoms with E-state index >= 15 is 0 Å². The number of anilines is 1. The number of rotatable bonds is 6. The summed E-state index contributed by atoms with van der Waals surface area (Å²) in [5, 5.41) is 15.8. The predicted molar refractivity (Wildman–Crippen MR) is 104 cm³/mol. The molecule has 2 aliphatic heterocycles. The molecule has 0 radical (unpaired) electrons. The van der Waals surface area contributed by atoms with Crippen molar-refractivity contribution in [1.82, 2.24) is 10.6 Å². The van der Waals surface area contributed by atoms with Gasteiger partial charge in [-0.3, -0.25) is 9.59 Å². The van der Waals surface area contributed by atoms with E-state index < -0.39 is 6.10 Å². The summed E-state index contributed by atoms with van der Waals surface area (Å²) >= 11 is 0. The van der Waals surface area contributed by atoms with Crippen molar-refractivity contribution in [3.05, 3.63) is 29.8 Å². The summed E-state index contributed by atoms with van der Waals surface area (Å²) in [6.07, 6.45) is 1.95. The van der Waals surface area contributed by atoms with Gasteiger partial charge in [0.25, 0.3) is 0 Å². The molecule has 3 rings (SSSR count). The molecule has 0 saturated carbocycles. The quantitative estimate of drug-likeness (QED) is 0.689. The summed E-state index contributed by atoms with van der Waals surface area (Å²) < 4.78 is 0. The number of carbonyl (C=O) groups is 2. The highest BCUT2D eigenvalue weighted by atomic mass is 35.5. The lowest BCUT2D eigenvalue weighted by Gasteiger charge is -2.18. The van der Waals surface area contributed by atoms with Crippen LogP contribution >= 0.6 is 12.4 Å². The molecule has 2 aliphatic rings. The third-order valence-corrected chi connectivity index (χ3v) is 5.13. The van der Waals surface area contributed by atoms with Crippen molar-refractivity contribution in [3.8, 4) is 0 Å². The fourth-order valence-electron chi connectivity index (χ4n) is 3.57. The van der Waals surface area contributed by atoms with Gasteiger partial charge >= 0.3 is 0 Å². The van der Waals surface area contributed by atoms with Crippen LogP contribution in [0.4, 0.5) is 5.69 Å². The molecule has 3 N–H and O–H groups in total. The summed E-state index contributed by atoms with van der Waals surface area (Å²) in [6, 6.07) is 8.02. The number of benzene rings is 1. The Bertz CT molecular complexity index is 623. The average molecular weight is 382 g/mol. The summed E-state index contributed by atoms with van der Waals surface area (Å²) in [6.45, 7) is 4.29. The van der Waals surface area contributed by atoms with Crippen LogP contribution in [-0.4, -0.2) is 49.2 Å². The smallest absolute Gasteiger partial charge is 0.227 e. The maximum atomic E-state index is 12.4. The number of amides is 2. The number of nitrogens with one attached hydrogen (secondary N) is 2. The molecule has 0 aromatic heterocycles. The molecular formula is C19H28ClN3O3. The van der Waals surface area contributed by atoms with Crippen LogP contribution in [0, 0.1) is 11.8 Å². The third kappa shape index (κ3) is 4.75. The molecule has 3 unspecified atom stereocenters. The molecule has 0 spiro atoms. The van der Waals surface area contributed by atoms with Crippen molar-refractivity contribution in [2.45, 2.75) is 32.3 Å². The lowest BCUT2D eigenvalue weighted by Crippen LogP contribution is -2.38. The van der Waals surface area contributed by atoms with Crippen molar-refractivity contribution in [3.63, 3.8) is 0 Å². The Hall–Kier alpha value is -1.63. The molecule has 26 heavy (non-hydrogen) atoms. The van der Waals surface area contributed by atoms with Gasteiger partial charge in [-0.1, -0.05) is 25.5 Å². The zero-order chi connectivity index (χ0) is 17.8. The van der Waals surface area contributed by atoms with Gasteiger partial charge < -0.3 is 20.6 Å². The lowest BCUT2D eigenvalue weighted by atomic mass is 10.0. The maximum absolute atomic E-state index is 12.4. The summed E-state index contributed by atoms with van der Waals surface area (Å²) in [7, 11) is 0. The van der Waals surface area contributed by atoms with Crippen molar-refractivity contribution in [2.24, 2.45) is 11.8 Å². The van der Waals surface area contributed by atoms with Crippen LogP contribution in [0.15, 0.2) is 24.3 Å². The normalized spacial score (nSPS) is 25.2. The van der Waals surface area contributed by atoms with Crippen LogP contribution in [0.1, 0.15) is 25.3 Å². The van der Waals surface area contributed by atoms with Gasteiger partial charge in [-0.25, -0.2) is 0 Å². The van der Waals surface area contributed by atoms with Crippen LogP contribution in [0.2, 0.25) is 0 Å². The van der Waals surface area contributed by atoms with E-state index in [1.54, 1.807) is 4.90 Å². The first-order chi connectivity index (χ1) is 12.1. The Morgan fingerprint density at radius 1 is 1.31 bits per heavy atom. The van der Waals surface area contributed by atoms with Crippen molar-refractivity contribution >= 4 is 29.9 Å². The highest BCUT2D eigenvalue weighted by molar-refractivity contribution is 6.00. The molecule has 0 bridgehead atoms. The molecular weight excluding hydrogens is 354 g/mol. The van der Waals surface area contributed by atoms with Gasteiger partial charge in [0.2, 0.25) is 11.8 Å². The van der Waals surface area contributed by atoms with E-state index in [-0.39, 0.29) is 42.5 Å². The molecule has 2 heterocycles. The molecule has 3 atom stereocenters. The number of halogens is 1. The zero-order valence-electron chi connectivity index (χ0n) is 15.1. The maximum Gasteiger partial charge on any atom is 0.227 e. The predicted octanol–water partition coefficient (Wildman–Crippen LogP) is 1.11. The van der Waals surface area contributed by atoms with E-state index in [0.717, 1.165) is 18.5 Å². The Balaban J connectivity index is 0.00000243. The summed E-state index contributed by atoms with van der Waals surface area (Å²) in [4.78, 5) is 26.4. The van der Waals surface area contributed by atoms with Crippen molar-refractivity contribution in [2.75, 3.05) is 31.1 Å². The minimum Gasteiger partial charge on any atom is -0.391 e. The van der Waals surface area contributed by atoms with Crippen LogP contribution in [0.25, 0.3) is 0 Å². The minimum absolute atomic E-state index is 0. The van der Waals surface area contributed by atoms with E-state index in [0.29, 0.717) is 26.2 Å². The van der Waals surface area contributed by atoms with Gasteiger partial charge in [-0.2, -0.15) is 0 Å². The molecule has 2 amide bonds. The fourth-order valence-corrected chi connectivity index (χ4v) is 3.57. The number of aryl methyl sites for hydroxylation is 1. The Morgan fingerprint density at radius 3 is 2.65 bits per heavy atom. The van der Waals surface area contributed by atoms with Crippen molar-refractivity contribution in [1.29, 1.82) is 0 Å². The van der Waals surface area contributed by atoms with E-state index in [1.807, 2.05) is 24.3 Å². The number of carbonyl (C=O) groups excluding carboxylic acids is 2. The minimum atomic E-state index is -0.413. The number of aliphatic hydroxyl groups excluding tert-OH is 1. The number of nitrogens with zero attached hydrogens (tertiary/aromatic N) is 1. The second kappa shape index (κ2) is 9.35. The monoisotopic (exact) mass is 381 g/mol. The van der Waals surface area contributed by atoms with Crippen molar-refractivity contribution < 1.29 is 14.7 Å². The van der Waals surface area contributed by atoms with Gasteiger partial charge in [0.1, 0.15) is 0 Å². The van der Waals surface area contributed by atoms with E-state index in [2.05, 4.69) is 17.6 Å². The second-order valence-corrected chi connectivity index (χ2v) is 7.05.